The predicted octanol–water partition coefficient (Wildman–Crippen LogP) is -0.430. The van der Waals surface area contributed by atoms with Crippen LogP contribution in [0.5, 0.6) is 0 Å². The number of carbonyl (C=O) groups excluding carboxylic acids is 1. The zero-order valence-electron chi connectivity index (χ0n) is 22.0. The summed E-state index contributed by atoms with van der Waals surface area (Å²) in [6.07, 6.45) is -4.37. The molecule has 0 radical (unpaired) electrons. The number of carboxylic acids is 1. The first-order chi connectivity index (χ1) is 17.8. The number of aliphatic hydroxyl groups excluding tert-OH is 5. The molecule has 4 aliphatic carbocycles. The highest BCUT2D eigenvalue weighted by molar-refractivity contribution is 5.89. The average Bonchev–Trinajstić information content (AvgIpc) is 3.14. The Morgan fingerprint density at radius 3 is 2.34 bits per heavy atom. The number of carboxylic acid groups (broad SMARTS) is 1. The third kappa shape index (κ3) is 4.00. The normalized spacial score (nSPS) is 54.5. The lowest BCUT2D eigenvalue weighted by molar-refractivity contribution is -0.310. The van der Waals surface area contributed by atoms with E-state index in [4.69, 9.17) is 9.47 Å². The van der Waals surface area contributed by atoms with Crippen molar-refractivity contribution in [3.8, 4) is 0 Å². The SMILES string of the molecule is C[C@]12CC[C@@H](OC3O[C@H](C(=O)O)[C@@H](O)[C@H](O)[C@H]3O)CC1CC[C@@H]1[C@@H]2[C@@H](O)C[C@@]2(C)[C@H]1CC[C@]2(O)C(=O)CO. The largest absolute Gasteiger partial charge is 0.479 e. The van der Waals surface area contributed by atoms with Crippen LogP contribution in [-0.2, 0) is 19.1 Å². The van der Waals surface area contributed by atoms with Crippen molar-refractivity contribution < 1.29 is 54.8 Å². The van der Waals surface area contributed by atoms with Gasteiger partial charge in [-0.2, -0.15) is 0 Å². The van der Waals surface area contributed by atoms with Crippen LogP contribution in [0.15, 0.2) is 0 Å². The maximum Gasteiger partial charge on any atom is 0.335 e. The van der Waals surface area contributed by atoms with Crippen molar-refractivity contribution in [1.82, 2.24) is 0 Å². The highest BCUT2D eigenvalue weighted by Crippen LogP contribution is 2.68. The minimum atomic E-state index is -1.77. The summed E-state index contributed by atoms with van der Waals surface area (Å²) in [5.74, 6) is -1.65. The first-order valence-corrected chi connectivity index (χ1v) is 13.9. The first-order valence-electron chi connectivity index (χ1n) is 13.9. The van der Waals surface area contributed by atoms with Crippen LogP contribution in [0.2, 0.25) is 0 Å². The van der Waals surface area contributed by atoms with Crippen LogP contribution in [-0.4, -0.2) is 103 Å². The molecule has 14 atom stereocenters. The monoisotopic (exact) mass is 542 g/mol. The first kappa shape index (κ1) is 28.4. The predicted molar refractivity (Wildman–Crippen MR) is 129 cm³/mol. The van der Waals surface area contributed by atoms with Gasteiger partial charge in [0.2, 0.25) is 0 Å². The van der Waals surface area contributed by atoms with Gasteiger partial charge in [-0.15, -0.1) is 0 Å². The van der Waals surface area contributed by atoms with Gasteiger partial charge < -0.3 is 45.2 Å². The van der Waals surface area contributed by atoms with Crippen LogP contribution in [0.3, 0.4) is 0 Å². The van der Waals surface area contributed by atoms with Gasteiger partial charge in [0, 0.05) is 5.41 Å². The van der Waals surface area contributed by atoms with E-state index in [1.807, 2.05) is 6.92 Å². The van der Waals surface area contributed by atoms with Crippen molar-refractivity contribution in [3.63, 3.8) is 0 Å². The number of carbonyl (C=O) groups is 2. The van der Waals surface area contributed by atoms with Gasteiger partial charge in [0.05, 0.1) is 12.2 Å². The summed E-state index contributed by atoms with van der Waals surface area (Å²) >= 11 is 0. The Bertz CT molecular complexity index is 944. The molecule has 38 heavy (non-hydrogen) atoms. The number of ketones is 1. The van der Waals surface area contributed by atoms with Crippen molar-refractivity contribution in [3.05, 3.63) is 0 Å². The van der Waals surface area contributed by atoms with Crippen molar-refractivity contribution in [2.24, 2.45) is 34.5 Å². The van der Waals surface area contributed by atoms with E-state index < -0.39 is 66.2 Å². The van der Waals surface area contributed by atoms with E-state index in [1.165, 1.54) is 0 Å². The van der Waals surface area contributed by atoms with E-state index >= 15 is 0 Å². The second-order valence-corrected chi connectivity index (χ2v) is 13.0. The number of hydrogen-bond donors (Lipinski definition) is 7. The summed E-state index contributed by atoms with van der Waals surface area (Å²) in [7, 11) is 0. The quantitative estimate of drug-likeness (QED) is 0.223. The fourth-order valence-corrected chi connectivity index (χ4v) is 9.42. The summed E-state index contributed by atoms with van der Waals surface area (Å²) in [4.78, 5) is 24.0. The van der Waals surface area contributed by atoms with E-state index in [9.17, 15) is 45.3 Å². The van der Waals surface area contributed by atoms with Gasteiger partial charge >= 0.3 is 5.97 Å². The molecule has 1 heterocycles. The van der Waals surface area contributed by atoms with Gasteiger partial charge in [0.25, 0.3) is 0 Å². The lowest BCUT2D eigenvalue weighted by Gasteiger charge is -2.63. The molecule has 7 N–H and O–H groups in total. The smallest absolute Gasteiger partial charge is 0.335 e. The molecule has 5 aliphatic rings. The molecule has 0 aromatic rings. The third-order valence-electron chi connectivity index (χ3n) is 11.4. The van der Waals surface area contributed by atoms with Crippen molar-refractivity contribution in [1.29, 1.82) is 0 Å². The average molecular weight is 543 g/mol. The van der Waals surface area contributed by atoms with Gasteiger partial charge in [-0.05, 0) is 80.5 Å². The Morgan fingerprint density at radius 2 is 1.68 bits per heavy atom. The van der Waals surface area contributed by atoms with Crippen LogP contribution in [0.4, 0.5) is 0 Å². The molecule has 1 saturated heterocycles. The second kappa shape index (κ2) is 9.73. The molecule has 0 spiro atoms. The lowest BCUT2D eigenvalue weighted by atomic mass is 9.43. The van der Waals surface area contributed by atoms with Gasteiger partial charge in [-0.25, -0.2) is 4.79 Å². The van der Waals surface area contributed by atoms with Crippen LogP contribution < -0.4 is 0 Å². The maximum atomic E-state index is 12.6. The number of rotatable bonds is 5. The number of aliphatic hydroxyl groups is 6. The zero-order chi connectivity index (χ0) is 27.8. The van der Waals surface area contributed by atoms with Crippen LogP contribution in [0.25, 0.3) is 0 Å². The molecule has 216 valence electrons. The number of fused-ring (bicyclic) bond motifs is 5. The standard InChI is InChI=1S/C27H42O11/c1-25-7-5-13(37-24-21(33)19(31)20(32)22(38-24)23(34)35)9-12(25)3-4-14-15-6-8-27(36,17(30)11-28)26(15,2)10-16(29)18(14)25/h12-16,18-22,24,28-29,31-33,36H,3-11H2,1-2H3,(H,34,35)/t12?,13-,14+,15+,16+,18-,19+,20+,21-,22+,24?,25+,26+,27+/m1/s1. The van der Waals surface area contributed by atoms with Crippen molar-refractivity contribution in [2.45, 2.75) is 114 Å². The Hall–Kier alpha value is -1.18. The number of ether oxygens (including phenoxy) is 2. The molecule has 0 aromatic heterocycles. The highest BCUT2D eigenvalue weighted by Gasteiger charge is 2.68. The Kier molecular flexibility index (Phi) is 7.26. The Morgan fingerprint density at radius 1 is 0.974 bits per heavy atom. The van der Waals surface area contributed by atoms with Gasteiger partial charge in [0.15, 0.2) is 18.2 Å². The van der Waals surface area contributed by atoms with Crippen molar-refractivity contribution in [2.75, 3.05) is 6.61 Å². The van der Waals surface area contributed by atoms with E-state index in [1.54, 1.807) is 0 Å². The fourth-order valence-electron chi connectivity index (χ4n) is 9.42. The topological polar surface area (TPSA) is 194 Å². The molecule has 4 saturated carbocycles. The van der Waals surface area contributed by atoms with Gasteiger partial charge in [0.1, 0.15) is 30.5 Å². The molecule has 0 amide bonds. The molecular weight excluding hydrogens is 500 g/mol. The summed E-state index contributed by atoms with van der Waals surface area (Å²) in [6, 6.07) is 0. The minimum Gasteiger partial charge on any atom is -0.479 e. The molecule has 2 unspecified atom stereocenters. The molecule has 11 nitrogen and oxygen atoms in total. The molecule has 1 aliphatic heterocycles. The van der Waals surface area contributed by atoms with E-state index in [0.717, 1.165) is 19.3 Å². The summed E-state index contributed by atoms with van der Waals surface area (Å²) in [5, 5.41) is 72.2. The third-order valence-corrected chi connectivity index (χ3v) is 11.4. The minimum absolute atomic E-state index is 0.0169. The molecule has 0 bridgehead atoms. The van der Waals surface area contributed by atoms with Gasteiger partial charge in [-0.1, -0.05) is 13.8 Å². The number of aliphatic carboxylic acids is 1. The number of hydrogen-bond acceptors (Lipinski definition) is 10. The molecule has 0 aromatic carbocycles. The highest BCUT2D eigenvalue weighted by atomic mass is 16.7. The Balaban J connectivity index is 1.31. The van der Waals surface area contributed by atoms with Crippen LogP contribution >= 0.6 is 0 Å². The fraction of sp³-hybridized carbons (Fsp3) is 0.926. The van der Waals surface area contributed by atoms with Crippen molar-refractivity contribution >= 4 is 11.8 Å². The van der Waals surface area contributed by atoms with Crippen LogP contribution in [0.1, 0.15) is 65.2 Å². The van der Waals surface area contributed by atoms with Crippen LogP contribution in [0, 0.1) is 34.5 Å². The summed E-state index contributed by atoms with van der Waals surface area (Å²) < 4.78 is 11.3. The maximum absolute atomic E-state index is 12.6. The lowest BCUT2D eigenvalue weighted by Crippen LogP contribution is -2.63. The summed E-state index contributed by atoms with van der Waals surface area (Å²) in [6.45, 7) is 3.37. The molecule has 11 heteroatoms. The van der Waals surface area contributed by atoms with E-state index in [-0.39, 0.29) is 35.2 Å². The zero-order valence-corrected chi connectivity index (χ0v) is 22.0. The molecular formula is C27H42O11. The van der Waals surface area contributed by atoms with E-state index in [0.29, 0.717) is 32.1 Å². The molecule has 5 rings (SSSR count). The van der Waals surface area contributed by atoms with E-state index in [2.05, 4.69) is 6.92 Å². The Labute approximate surface area is 221 Å². The number of Topliss-reactive ketones (excluding diaryl/α,β-unsaturated/α-hetero) is 1. The van der Waals surface area contributed by atoms with Gasteiger partial charge in [-0.3, -0.25) is 4.79 Å². The molecule has 5 fully saturated rings. The second-order valence-electron chi connectivity index (χ2n) is 13.0. The summed E-state index contributed by atoms with van der Waals surface area (Å²) in [5.41, 5.74) is -2.64.